The zero-order chi connectivity index (χ0) is 19.8. The SMILES string of the molecule is CCOc1cc(/C=c2\sc3nc4ccccc4n3c2=O)cc(I)c1OC(C)C. The van der Waals surface area contributed by atoms with Crippen molar-refractivity contribution >= 4 is 56.0 Å². The predicted molar refractivity (Wildman–Crippen MR) is 122 cm³/mol. The number of hydrogen-bond donors (Lipinski definition) is 0. The van der Waals surface area contributed by atoms with Crippen molar-refractivity contribution in [2.45, 2.75) is 26.9 Å². The molecule has 0 fully saturated rings. The fourth-order valence-electron chi connectivity index (χ4n) is 3.05. The van der Waals surface area contributed by atoms with Crippen LogP contribution in [0.2, 0.25) is 0 Å². The lowest BCUT2D eigenvalue weighted by Crippen LogP contribution is -2.22. The van der Waals surface area contributed by atoms with Gasteiger partial charge >= 0.3 is 0 Å². The van der Waals surface area contributed by atoms with Crippen LogP contribution in [-0.2, 0) is 0 Å². The van der Waals surface area contributed by atoms with Crippen molar-refractivity contribution in [1.82, 2.24) is 9.38 Å². The Balaban J connectivity index is 1.86. The van der Waals surface area contributed by atoms with Gasteiger partial charge in [0.05, 0.1) is 31.8 Å². The van der Waals surface area contributed by atoms with Crippen LogP contribution in [0.3, 0.4) is 0 Å². The minimum absolute atomic E-state index is 0.0501. The molecule has 5 nitrogen and oxygen atoms in total. The number of thiazole rings is 1. The highest BCUT2D eigenvalue weighted by Gasteiger charge is 2.14. The van der Waals surface area contributed by atoms with Gasteiger partial charge in [0.1, 0.15) is 0 Å². The number of rotatable bonds is 5. The summed E-state index contributed by atoms with van der Waals surface area (Å²) >= 11 is 3.64. The maximum absolute atomic E-state index is 13.0. The molecule has 4 rings (SSSR count). The number of imidazole rings is 1. The zero-order valence-electron chi connectivity index (χ0n) is 15.7. The van der Waals surface area contributed by atoms with Gasteiger partial charge in [-0.15, -0.1) is 0 Å². The van der Waals surface area contributed by atoms with Gasteiger partial charge in [-0.05, 0) is 79.3 Å². The Labute approximate surface area is 179 Å². The lowest BCUT2D eigenvalue weighted by Gasteiger charge is -2.16. The summed E-state index contributed by atoms with van der Waals surface area (Å²) in [7, 11) is 0. The van der Waals surface area contributed by atoms with E-state index in [0.29, 0.717) is 21.8 Å². The third kappa shape index (κ3) is 3.48. The van der Waals surface area contributed by atoms with Crippen molar-refractivity contribution in [3.8, 4) is 11.5 Å². The summed E-state index contributed by atoms with van der Waals surface area (Å²) in [5, 5.41) is 0. The van der Waals surface area contributed by atoms with E-state index in [9.17, 15) is 4.79 Å². The summed E-state index contributed by atoms with van der Waals surface area (Å²) in [6.45, 7) is 6.46. The standard InChI is InChI=1S/C21H19IN2O3S/c1-4-26-17-10-13(9-14(22)19(17)27-12(2)3)11-18-20(25)24-16-8-6-5-7-15(16)23-21(24)28-18/h5-12H,4H2,1-3H3/b18-11-. The van der Waals surface area contributed by atoms with Crippen molar-refractivity contribution in [2.24, 2.45) is 0 Å². The van der Waals surface area contributed by atoms with Crippen LogP contribution in [0.1, 0.15) is 26.3 Å². The Morgan fingerprint density at radius 1 is 1.29 bits per heavy atom. The molecule has 0 atom stereocenters. The predicted octanol–water partition coefficient (Wildman–Crippen LogP) is 4.25. The van der Waals surface area contributed by atoms with E-state index in [-0.39, 0.29) is 11.7 Å². The minimum atomic E-state index is -0.0517. The van der Waals surface area contributed by atoms with E-state index in [0.717, 1.165) is 25.9 Å². The highest BCUT2D eigenvalue weighted by molar-refractivity contribution is 14.1. The molecule has 28 heavy (non-hydrogen) atoms. The number of fused-ring (bicyclic) bond motifs is 3. The molecule has 0 spiro atoms. The number of halogens is 1. The van der Waals surface area contributed by atoms with Gasteiger partial charge in [-0.3, -0.25) is 4.79 Å². The molecular weight excluding hydrogens is 487 g/mol. The van der Waals surface area contributed by atoms with Gasteiger partial charge in [0.2, 0.25) is 0 Å². The van der Waals surface area contributed by atoms with E-state index in [1.807, 2.05) is 63.2 Å². The van der Waals surface area contributed by atoms with E-state index >= 15 is 0 Å². The molecule has 0 amide bonds. The Hall–Kier alpha value is -2.13. The first-order chi connectivity index (χ1) is 13.5. The summed E-state index contributed by atoms with van der Waals surface area (Å²) in [6, 6.07) is 11.6. The number of hydrogen-bond acceptors (Lipinski definition) is 5. The Morgan fingerprint density at radius 2 is 2.07 bits per heavy atom. The molecule has 0 saturated carbocycles. The summed E-state index contributed by atoms with van der Waals surface area (Å²) in [4.78, 5) is 18.2. The molecule has 0 bridgehead atoms. The average Bonchev–Trinajstić information content (AvgIpc) is 3.15. The molecular formula is C21H19IN2O3S. The van der Waals surface area contributed by atoms with Crippen LogP contribution < -0.4 is 19.6 Å². The fourth-order valence-corrected chi connectivity index (χ4v) is 4.79. The third-order valence-corrected chi connectivity index (χ3v) is 5.90. The van der Waals surface area contributed by atoms with Gasteiger partial charge in [0.25, 0.3) is 5.56 Å². The Morgan fingerprint density at radius 3 is 2.82 bits per heavy atom. The quantitative estimate of drug-likeness (QED) is 0.380. The second-order valence-corrected chi connectivity index (χ2v) is 8.74. The first-order valence-corrected chi connectivity index (χ1v) is 10.9. The third-order valence-electron chi connectivity index (χ3n) is 4.13. The van der Waals surface area contributed by atoms with Gasteiger partial charge in [0.15, 0.2) is 16.5 Å². The first-order valence-electron chi connectivity index (χ1n) is 9.02. The molecule has 0 unspecified atom stereocenters. The van der Waals surface area contributed by atoms with Crippen molar-refractivity contribution in [1.29, 1.82) is 0 Å². The zero-order valence-corrected chi connectivity index (χ0v) is 18.7. The van der Waals surface area contributed by atoms with Crippen molar-refractivity contribution in [2.75, 3.05) is 6.61 Å². The average molecular weight is 506 g/mol. The fraction of sp³-hybridized carbons (Fsp3) is 0.238. The summed E-state index contributed by atoms with van der Waals surface area (Å²) in [6.07, 6.45) is 1.94. The maximum atomic E-state index is 13.0. The molecule has 0 aliphatic carbocycles. The maximum Gasteiger partial charge on any atom is 0.274 e. The summed E-state index contributed by atoms with van der Waals surface area (Å²) < 4.78 is 15.0. The molecule has 4 aromatic rings. The smallest absolute Gasteiger partial charge is 0.274 e. The van der Waals surface area contributed by atoms with Crippen LogP contribution in [0.5, 0.6) is 11.5 Å². The van der Waals surface area contributed by atoms with Gasteiger partial charge < -0.3 is 9.47 Å². The van der Waals surface area contributed by atoms with Crippen LogP contribution in [0.25, 0.3) is 22.1 Å². The largest absolute Gasteiger partial charge is 0.490 e. The molecule has 0 N–H and O–H groups in total. The van der Waals surface area contributed by atoms with Crippen LogP contribution in [0.15, 0.2) is 41.2 Å². The van der Waals surface area contributed by atoms with E-state index in [4.69, 9.17) is 9.47 Å². The lowest BCUT2D eigenvalue weighted by molar-refractivity contribution is 0.222. The van der Waals surface area contributed by atoms with E-state index in [2.05, 4.69) is 27.6 Å². The highest BCUT2D eigenvalue weighted by Crippen LogP contribution is 2.35. The van der Waals surface area contributed by atoms with Gasteiger partial charge in [-0.1, -0.05) is 23.5 Å². The lowest BCUT2D eigenvalue weighted by atomic mass is 10.2. The monoisotopic (exact) mass is 506 g/mol. The molecule has 0 aliphatic rings. The van der Waals surface area contributed by atoms with E-state index in [1.54, 1.807) is 4.40 Å². The van der Waals surface area contributed by atoms with Crippen molar-refractivity contribution in [3.63, 3.8) is 0 Å². The first kappa shape index (κ1) is 19.2. The molecule has 2 aromatic carbocycles. The summed E-state index contributed by atoms with van der Waals surface area (Å²) in [5.74, 6) is 1.43. The highest BCUT2D eigenvalue weighted by atomic mass is 127. The molecule has 2 heterocycles. The van der Waals surface area contributed by atoms with Crippen LogP contribution in [0, 0.1) is 3.57 Å². The van der Waals surface area contributed by atoms with Crippen molar-refractivity contribution in [3.05, 3.63) is 60.4 Å². The van der Waals surface area contributed by atoms with Crippen LogP contribution in [-0.4, -0.2) is 22.1 Å². The van der Waals surface area contributed by atoms with Gasteiger partial charge in [-0.2, -0.15) is 0 Å². The number of para-hydroxylation sites is 2. The molecule has 7 heteroatoms. The normalized spacial score (nSPS) is 12.4. The number of aromatic nitrogens is 2. The van der Waals surface area contributed by atoms with E-state index in [1.165, 1.54) is 11.3 Å². The summed E-state index contributed by atoms with van der Waals surface area (Å²) in [5.41, 5.74) is 2.52. The molecule has 0 radical (unpaired) electrons. The topological polar surface area (TPSA) is 52.8 Å². The molecule has 2 aromatic heterocycles. The molecule has 144 valence electrons. The van der Waals surface area contributed by atoms with Crippen LogP contribution >= 0.6 is 33.9 Å². The number of nitrogens with zero attached hydrogens (tertiary/aromatic N) is 2. The van der Waals surface area contributed by atoms with Gasteiger partial charge in [-0.25, -0.2) is 9.38 Å². The second-order valence-electron chi connectivity index (χ2n) is 6.56. The Kier molecular flexibility index (Phi) is 5.29. The molecule has 0 aliphatic heterocycles. The van der Waals surface area contributed by atoms with Crippen molar-refractivity contribution < 1.29 is 9.47 Å². The van der Waals surface area contributed by atoms with Crippen LogP contribution in [0.4, 0.5) is 0 Å². The van der Waals surface area contributed by atoms with E-state index < -0.39 is 0 Å². The number of ether oxygens (including phenoxy) is 2. The van der Waals surface area contributed by atoms with Gasteiger partial charge in [0, 0.05) is 0 Å². The minimum Gasteiger partial charge on any atom is -0.490 e. The number of benzene rings is 2. The second kappa shape index (κ2) is 7.71. The Bertz CT molecular complexity index is 1280. The molecule has 0 saturated heterocycles.